The third kappa shape index (κ3) is 6.90. The lowest BCUT2D eigenvalue weighted by molar-refractivity contribution is -0.145. The number of morpholine rings is 1. The zero-order valence-electron chi connectivity index (χ0n) is 24.0. The van der Waals surface area contributed by atoms with E-state index in [-0.39, 0.29) is 11.8 Å². The summed E-state index contributed by atoms with van der Waals surface area (Å²) in [4.78, 5) is 48.2. The van der Waals surface area contributed by atoms with Gasteiger partial charge in [-0.15, -0.1) is 11.3 Å². The number of nitrogens with zero attached hydrogens (tertiary/aromatic N) is 3. The second-order valence-electron chi connectivity index (χ2n) is 11.3. The van der Waals surface area contributed by atoms with Gasteiger partial charge in [-0.2, -0.15) is 0 Å². The fourth-order valence-corrected chi connectivity index (χ4v) is 7.01. The maximum absolute atomic E-state index is 13.3. The van der Waals surface area contributed by atoms with Gasteiger partial charge in [0, 0.05) is 48.7 Å². The monoisotopic (exact) mass is 583 g/mol. The summed E-state index contributed by atoms with van der Waals surface area (Å²) in [5.41, 5.74) is 1.28. The number of nitrogens with one attached hydrogen (secondary N) is 2. The van der Waals surface area contributed by atoms with Crippen molar-refractivity contribution < 1.29 is 23.9 Å². The number of rotatable bonds is 8. The zero-order chi connectivity index (χ0) is 28.8. The van der Waals surface area contributed by atoms with Crippen molar-refractivity contribution in [2.45, 2.75) is 69.5 Å². The number of methoxy groups -OCH3 is 1. The fourth-order valence-electron chi connectivity index (χ4n) is 6.12. The third-order valence-electron chi connectivity index (χ3n) is 8.63. The molecule has 3 fully saturated rings. The molecule has 0 radical (unpaired) electrons. The molecule has 1 atom stereocenters. The van der Waals surface area contributed by atoms with Crippen molar-refractivity contribution in [3.05, 3.63) is 35.2 Å². The standard InChI is InChI=1S/C30H41N5O5S/c1-21(27(37)39-2)31-28(38)30(12-4-3-5-13-30)33-26(36)23-8-6-22(7-9-23)25-20-41-29(32-25)35-14-10-24(11-15-35)34-16-18-40-19-17-34/h6-9,20-21,24H,3-5,10-19H2,1-2H3,(H,31,38)(H,33,36)/t21-/m0/s1. The molecule has 2 aliphatic heterocycles. The minimum atomic E-state index is -1.05. The summed E-state index contributed by atoms with van der Waals surface area (Å²) in [6.07, 6.45) is 6.00. The Morgan fingerprint density at radius 1 is 1.05 bits per heavy atom. The van der Waals surface area contributed by atoms with Crippen LogP contribution in [0.5, 0.6) is 0 Å². The quantitative estimate of drug-likeness (QED) is 0.456. The first kappa shape index (κ1) is 29.5. The molecule has 10 nitrogen and oxygen atoms in total. The first-order valence-electron chi connectivity index (χ1n) is 14.7. The Balaban J connectivity index is 1.20. The van der Waals surface area contributed by atoms with Crippen LogP contribution in [0.2, 0.25) is 0 Å². The average Bonchev–Trinajstić information content (AvgIpc) is 3.52. The number of carbonyl (C=O) groups excluding carboxylic acids is 3. The number of thiazole rings is 1. The van der Waals surface area contributed by atoms with Crippen LogP contribution in [0.25, 0.3) is 11.3 Å². The molecule has 3 heterocycles. The number of aromatic nitrogens is 1. The Labute approximate surface area is 245 Å². The molecular weight excluding hydrogens is 542 g/mol. The van der Waals surface area contributed by atoms with E-state index in [0.717, 1.165) is 87.9 Å². The average molecular weight is 584 g/mol. The molecule has 11 heteroatoms. The summed E-state index contributed by atoms with van der Waals surface area (Å²) in [5.74, 6) is -1.17. The summed E-state index contributed by atoms with van der Waals surface area (Å²) < 4.78 is 10.2. The number of ether oxygens (including phenoxy) is 2. The minimum absolute atomic E-state index is 0.304. The Morgan fingerprint density at radius 3 is 2.39 bits per heavy atom. The molecule has 2 saturated heterocycles. The lowest BCUT2D eigenvalue weighted by atomic mass is 9.80. The van der Waals surface area contributed by atoms with Crippen LogP contribution in [0.3, 0.4) is 0 Å². The normalized spacial score (nSPS) is 20.7. The lowest BCUT2D eigenvalue weighted by Gasteiger charge is -2.40. The molecule has 0 spiro atoms. The van der Waals surface area contributed by atoms with Gasteiger partial charge in [0.1, 0.15) is 11.6 Å². The van der Waals surface area contributed by atoms with Crippen molar-refractivity contribution in [2.24, 2.45) is 0 Å². The van der Waals surface area contributed by atoms with Crippen molar-refractivity contribution in [3.63, 3.8) is 0 Å². The maximum Gasteiger partial charge on any atom is 0.328 e. The molecule has 1 aromatic carbocycles. The molecule has 0 bridgehead atoms. The van der Waals surface area contributed by atoms with Gasteiger partial charge in [-0.25, -0.2) is 9.78 Å². The van der Waals surface area contributed by atoms with Gasteiger partial charge in [0.25, 0.3) is 5.91 Å². The van der Waals surface area contributed by atoms with E-state index in [9.17, 15) is 14.4 Å². The predicted molar refractivity (Wildman–Crippen MR) is 158 cm³/mol. The molecule has 1 saturated carbocycles. The first-order chi connectivity index (χ1) is 19.9. The molecule has 1 aliphatic carbocycles. The van der Waals surface area contributed by atoms with Crippen molar-refractivity contribution >= 4 is 34.3 Å². The molecule has 2 aromatic rings. The molecule has 2 amide bonds. The van der Waals surface area contributed by atoms with Crippen LogP contribution in [-0.2, 0) is 19.1 Å². The van der Waals surface area contributed by atoms with E-state index in [1.165, 1.54) is 7.11 Å². The number of esters is 1. The highest BCUT2D eigenvalue weighted by Crippen LogP contribution is 2.32. The second-order valence-corrected chi connectivity index (χ2v) is 12.1. The zero-order valence-corrected chi connectivity index (χ0v) is 24.8. The van der Waals surface area contributed by atoms with Gasteiger partial charge in [0.05, 0.1) is 26.0 Å². The topological polar surface area (TPSA) is 113 Å². The van der Waals surface area contributed by atoms with E-state index in [1.54, 1.807) is 30.4 Å². The molecule has 0 unspecified atom stereocenters. The van der Waals surface area contributed by atoms with Crippen molar-refractivity contribution in [1.82, 2.24) is 20.5 Å². The minimum Gasteiger partial charge on any atom is -0.467 e. The summed E-state index contributed by atoms with van der Waals surface area (Å²) >= 11 is 1.66. The highest BCUT2D eigenvalue weighted by molar-refractivity contribution is 7.14. The van der Waals surface area contributed by atoms with Crippen LogP contribution in [0.4, 0.5) is 5.13 Å². The van der Waals surface area contributed by atoms with E-state index >= 15 is 0 Å². The number of carbonyl (C=O) groups is 3. The molecule has 41 heavy (non-hydrogen) atoms. The van der Waals surface area contributed by atoms with Crippen LogP contribution < -0.4 is 15.5 Å². The van der Waals surface area contributed by atoms with Gasteiger partial charge >= 0.3 is 5.97 Å². The molecular formula is C30H41N5O5S. The largest absolute Gasteiger partial charge is 0.467 e. The van der Waals surface area contributed by atoms with Crippen LogP contribution in [0, 0.1) is 0 Å². The predicted octanol–water partition coefficient (Wildman–Crippen LogP) is 3.22. The van der Waals surface area contributed by atoms with Gasteiger partial charge in [0.15, 0.2) is 5.13 Å². The van der Waals surface area contributed by atoms with Crippen LogP contribution in [0.15, 0.2) is 29.6 Å². The van der Waals surface area contributed by atoms with E-state index in [2.05, 4.69) is 25.8 Å². The molecule has 5 rings (SSSR count). The van der Waals surface area contributed by atoms with Gasteiger partial charge in [-0.1, -0.05) is 31.4 Å². The number of amides is 2. The van der Waals surface area contributed by atoms with Crippen molar-refractivity contribution in [2.75, 3.05) is 51.4 Å². The SMILES string of the molecule is COC(=O)[C@H](C)NC(=O)C1(NC(=O)c2ccc(-c3csc(N4CCC(N5CCOCC5)CC4)n3)cc2)CCCCC1. The van der Waals surface area contributed by atoms with E-state index < -0.39 is 17.6 Å². The number of anilines is 1. The van der Waals surface area contributed by atoms with Gasteiger partial charge < -0.3 is 25.0 Å². The van der Waals surface area contributed by atoms with Gasteiger partial charge in [-0.05, 0) is 44.7 Å². The second kappa shape index (κ2) is 13.3. The fraction of sp³-hybridized carbons (Fsp3) is 0.600. The molecule has 3 aliphatic rings. The molecule has 2 N–H and O–H groups in total. The Kier molecular flexibility index (Phi) is 9.57. The Morgan fingerprint density at radius 2 is 1.73 bits per heavy atom. The highest BCUT2D eigenvalue weighted by atomic mass is 32.1. The smallest absolute Gasteiger partial charge is 0.328 e. The van der Waals surface area contributed by atoms with Crippen molar-refractivity contribution in [1.29, 1.82) is 0 Å². The Bertz CT molecular complexity index is 1200. The summed E-state index contributed by atoms with van der Waals surface area (Å²) in [6.45, 7) is 7.32. The van der Waals surface area contributed by atoms with Crippen molar-refractivity contribution in [3.8, 4) is 11.3 Å². The van der Waals surface area contributed by atoms with Crippen LogP contribution in [-0.4, -0.2) is 91.8 Å². The number of benzene rings is 1. The molecule has 1 aromatic heterocycles. The summed E-state index contributed by atoms with van der Waals surface area (Å²) in [7, 11) is 1.29. The van der Waals surface area contributed by atoms with E-state index in [1.807, 2.05) is 12.1 Å². The number of piperidine rings is 1. The summed E-state index contributed by atoms with van der Waals surface area (Å²) in [5, 5.41) is 8.85. The van der Waals surface area contributed by atoms with Crippen LogP contribution in [0.1, 0.15) is 62.2 Å². The van der Waals surface area contributed by atoms with Gasteiger partial charge in [-0.3, -0.25) is 14.5 Å². The highest BCUT2D eigenvalue weighted by Gasteiger charge is 2.42. The Hall–Kier alpha value is -3.02. The van der Waals surface area contributed by atoms with E-state index in [0.29, 0.717) is 24.4 Å². The number of hydrogen-bond acceptors (Lipinski definition) is 9. The summed E-state index contributed by atoms with van der Waals surface area (Å²) in [6, 6.07) is 7.22. The lowest BCUT2D eigenvalue weighted by Crippen LogP contribution is -2.61. The first-order valence-corrected chi connectivity index (χ1v) is 15.6. The van der Waals surface area contributed by atoms with E-state index in [4.69, 9.17) is 14.5 Å². The van der Waals surface area contributed by atoms with Crippen LogP contribution >= 0.6 is 11.3 Å². The maximum atomic E-state index is 13.3. The third-order valence-corrected chi connectivity index (χ3v) is 9.53. The number of hydrogen-bond donors (Lipinski definition) is 2. The molecule has 222 valence electrons. The van der Waals surface area contributed by atoms with Gasteiger partial charge in [0.2, 0.25) is 5.91 Å².